The van der Waals surface area contributed by atoms with E-state index in [-0.39, 0.29) is 19.6 Å². The number of hydrogen-bond donors (Lipinski definition) is 1. The Bertz CT molecular complexity index is 892. The zero-order valence-electron chi connectivity index (χ0n) is 20.1. The van der Waals surface area contributed by atoms with Gasteiger partial charge in [-0.05, 0) is 42.2 Å². The van der Waals surface area contributed by atoms with E-state index in [1.165, 1.54) is 16.5 Å². The highest BCUT2D eigenvalue weighted by Crippen LogP contribution is 2.29. The Hall–Kier alpha value is -2.93. The molecule has 1 saturated heterocycles. The van der Waals surface area contributed by atoms with Gasteiger partial charge in [0.05, 0.1) is 12.2 Å². The van der Waals surface area contributed by atoms with Crippen LogP contribution in [0, 0.1) is 0 Å². The number of amides is 1. The first kappa shape index (κ1) is 26.3. The summed E-state index contributed by atoms with van der Waals surface area (Å²) in [7, 11) is 3.25. The lowest BCUT2D eigenvalue weighted by Crippen LogP contribution is -2.32. The van der Waals surface area contributed by atoms with Crippen LogP contribution in [0.3, 0.4) is 0 Å². The molecule has 1 N–H and O–H groups in total. The van der Waals surface area contributed by atoms with E-state index < -0.39 is 11.8 Å². The van der Waals surface area contributed by atoms with Gasteiger partial charge >= 0.3 is 6.09 Å². The normalized spacial score (nSPS) is 18.9. The topological polar surface area (TPSA) is 63.7 Å². The Kier molecular flexibility index (Phi) is 10.8. The Labute approximate surface area is 196 Å². The van der Waals surface area contributed by atoms with Crippen molar-refractivity contribution in [1.29, 1.82) is 0 Å². The summed E-state index contributed by atoms with van der Waals surface area (Å²) in [6, 6.07) is 13.4. The molecule has 0 spiro atoms. The first-order valence-corrected chi connectivity index (χ1v) is 11.5. The van der Waals surface area contributed by atoms with Crippen LogP contribution in [0.2, 0.25) is 0 Å². The first-order valence-electron chi connectivity index (χ1n) is 11.5. The molecule has 1 unspecified atom stereocenters. The van der Waals surface area contributed by atoms with Crippen molar-refractivity contribution in [2.24, 2.45) is 0 Å². The van der Waals surface area contributed by atoms with Gasteiger partial charge in [-0.15, -0.1) is 0 Å². The summed E-state index contributed by atoms with van der Waals surface area (Å²) >= 11 is 0. The fraction of sp³-hybridized carbons (Fsp3) is 0.462. The van der Waals surface area contributed by atoms with Gasteiger partial charge in [-0.3, -0.25) is 0 Å². The number of halogens is 1. The molecule has 3 heterocycles. The number of rotatable bonds is 4. The standard InChI is InChI=1S/C22H24FN3O2.C2H6O.C2H6/c23-22(11-10-19-9-8-18-7-4-13-24-20(18)25-19)12-14-26(16-22)21(27)28-15-17-5-2-1-3-6-17;1-3-2;1-2/h1-3,5-6,8-11H,4,7,12-16H2,(H,24,25);1-2H3;1-2H3/b11-10+;;. The lowest BCUT2D eigenvalue weighted by Gasteiger charge is -2.18. The lowest BCUT2D eigenvalue weighted by atomic mass is 10.0. The quantitative estimate of drug-likeness (QED) is 0.658. The molecular formula is C26H36FN3O3. The molecule has 1 amide bonds. The fourth-order valence-electron chi connectivity index (χ4n) is 3.57. The van der Waals surface area contributed by atoms with Crippen molar-refractivity contribution in [3.8, 4) is 0 Å². The highest BCUT2D eigenvalue weighted by molar-refractivity contribution is 5.68. The van der Waals surface area contributed by atoms with Gasteiger partial charge in [-0.1, -0.05) is 50.2 Å². The molecule has 2 aliphatic heterocycles. The molecule has 33 heavy (non-hydrogen) atoms. The summed E-state index contributed by atoms with van der Waals surface area (Å²) in [5, 5.41) is 3.28. The van der Waals surface area contributed by atoms with Crippen LogP contribution in [0.5, 0.6) is 0 Å². The zero-order valence-corrected chi connectivity index (χ0v) is 20.1. The smallest absolute Gasteiger partial charge is 0.410 e. The molecule has 1 fully saturated rings. The van der Waals surface area contributed by atoms with Crippen LogP contribution in [0.15, 0.2) is 48.5 Å². The number of methoxy groups -OCH3 is 1. The molecule has 0 bridgehead atoms. The number of pyridine rings is 1. The molecule has 2 aliphatic rings. The molecule has 0 saturated carbocycles. The highest BCUT2D eigenvalue weighted by atomic mass is 19.1. The Morgan fingerprint density at radius 3 is 2.67 bits per heavy atom. The van der Waals surface area contributed by atoms with Gasteiger partial charge in [0.1, 0.15) is 18.1 Å². The van der Waals surface area contributed by atoms with Gasteiger partial charge in [0.2, 0.25) is 0 Å². The third-order valence-corrected chi connectivity index (χ3v) is 5.18. The number of likely N-dealkylation sites (tertiary alicyclic amines) is 1. The predicted molar refractivity (Wildman–Crippen MR) is 131 cm³/mol. The van der Waals surface area contributed by atoms with Crippen LogP contribution >= 0.6 is 0 Å². The number of alkyl halides is 1. The van der Waals surface area contributed by atoms with Crippen molar-refractivity contribution >= 4 is 18.0 Å². The summed E-state index contributed by atoms with van der Waals surface area (Å²) in [4.78, 5) is 18.2. The molecule has 0 aliphatic carbocycles. The zero-order chi connectivity index (χ0) is 24.1. The van der Waals surface area contributed by atoms with Crippen LogP contribution in [-0.2, 0) is 22.5 Å². The van der Waals surface area contributed by atoms with E-state index >= 15 is 4.39 Å². The van der Waals surface area contributed by atoms with E-state index in [0.717, 1.165) is 36.5 Å². The average Bonchev–Trinajstić information content (AvgIpc) is 3.26. The van der Waals surface area contributed by atoms with E-state index in [9.17, 15) is 4.79 Å². The van der Waals surface area contributed by atoms with E-state index in [1.54, 1.807) is 20.3 Å². The Balaban J connectivity index is 0.000000714. The number of aromatic nitrogens is 1. The molecule has 4 rings (SSSR count). The maximum Gasteiger partial charge on any atom is 0.410 e. The van der Waals surface area contributed by atoms with Gasteiger partial charge in [-0.25, -0.2) is 14.2 Å². The molecule has 1 atom stereocenters. The van der Waals surface area contributed by atoms with Gasteiger partial charge in [0, 0.05) is 33.7 Å². The van der Waals surface area contributed by atoms with Crippen molar-refractivity contribution in [2.45, 2.75) is 45.4 Å². The van der Waals surface area contributed by atoms with E-state index in [2.05, 4.69) is 15.0 Å². The molecule has 180 valence electrons. The molecular weight excluding hydrogens is 421 g/mol. The van der Waals surface area contributed by atoms with Gasteiger partial charge < -0.3 is 19.7 Å². The second kappa shape index (κ2) is 13.6. The van der Waals surface area contributed by atoms with Crippen molar-refractivity contribution in [3.05, 3.63) is 65.4 Å². The molecule has 7 heteroatoms. The third-order valence-electron chi connectivity index (χ3n) is 5.18. The van der Waals surface area contributed by atoms with Crippen molar-refractivity contribution in [1.82, 2.24) is 9.88 Å². The van der Waals surface area contributed by atoms with E-state index in [0.29, 0.717) is 6.54 Å². The number of nitrogens with one attached hydrogen (secondary N) is 1. The second-order valence-electron chi connectivity index (χ2n) is 7.76. The SMILES string of the molecule is CC.COC.O=C(OCc1ccccc1)N1CCC(F)(/C=C/c2ccc3c(n2)NCCC3)C1. The number of carbonyl (C=O) groups excluding carboxylic acids is 1. The molecule has 6 nitrogen and oxygen atoms in total. The number of benzene rings is 1. The second-order valence-corrected chi connectivity index (χ2v) is 7.76. The lowest BCUT2D eigenvalue weighted by molar-refractivity contribution is 0.0988. The van der Waals surface area contributed by atoms with Crippen molar-refractivity contribution in [3.63, 3.8) is 0 Å². The highest BCUT2D eigenvalue weighted by Gasteiger charge is 2.38. The van der Waals surface area contributed by atoms with Crippen molar-refractivity contribution < 1.29 is 18.7 Å². The maximum atomic E-state index is 15.1. The van der Waals surface area contributed by atoms with Crippen molar-refractivity contribution in [2.75, 3.05) is 39.2 Å². The number of aryl methyl sites for hydroxylation is 1. The maximum absolute atomic E-state index is 15.1. The first-order chi connectivity index (χ1) is 16.0. The minimum Gasteiger partial charge on any atom is -0.445 e. The third kappa shape index (κ3) is 8.17. The number of anilines is 1. The van der Waals surface area contributed by atoms with Gasteiger partial charge in [0.25, 0.3) is 0 Å². The van der Waals surface area contributed by atoms with Crippen LogP contribution < -0.4 is 5.32 Å². The molecule has 0 radical (unpaired) electrons. The number of hydrogen-bond acceptors (Lipinski definition) is 5. The number of ether oxygens (including phenoxy) is 2. The minimum absolute atomic E-state index is 0.000311. The fourth-order valence-corrected chi connectivity index (χ4v) is 3.57. The number of carbonyl (C=O) groups is 1. The van der Waals surface area contributed by atoms with Crippen LogP contribution in [0.4, 0.5) is 15.0 Å². The minimum atomic E-state index is -1.56. The Morgan fingerprint density at radius 2 is 1.94 bits per heavy atom. The summed E-state index contributed by atoms with van der Waals surface area (Å²) in [6.45, 7) is 5.45. The van der Waals surface area contributed by atoms with Crippen LogP contribution in [0.25, 0.3) is 6.08 Å². The van der Waals surface area contributed by atoms with Gasteiger partial charge in [-0.2, -0.15) is 0 Å². The molecule has 1 aromatic carbocycles. The van der Waals surface area contributed by atoms with Gasteiger partial charge in [0.15, 0.2) is 0 Å². The van der Waals surface area contributed by atoms with Crippen LogP contribution in [-0.4, -0.2) is 55.5 Å². The van der Waals surface area contributed by atoms with E-state index in [4.69, 9.17) is 4.74 Å². The average molecular weight is 458 g/mol. The predicted octanol–water partition coefficient (Wildman–Crippen LogP) is 5.49. The van der Waals surface area contributed by atoms with Crippen LogP contribution in [0.1, 0.15) is 43.5 Å². The monoisotopic (exact) mass is 457 g/mol. The molecule has 1 aromatic heterocycles. The molecule has 2 aromatic rings. The summed E-state index contributed by atoms with van der Waals surface area (Å²) < 4.78 is 24.7. The van der Waals surface area contributed by atoms with E-state index in [1.807, 2.05) is 56.3 Å². The largest absolute Gasteiger partial charge is 0.445 e. The number of nitrogens with zero attached hydrogens (tertiary/aromatic N) is 2. The summed E-state index contributed by atoms with van der Waals surface area (Å²) in [5.41, 5.74) is 1.27. The Morgan fingerprint density at radius 1 is 1.21 bits per heavy atom. The summed E-state index contributed by atoms with van der Waals surface area (Å²) in [5.74, 6) is 0.888. The number of fused-ring (bicyclic) bond motifs is 1. The summed E-state index contributed by atoms with van der Waals surface area (Å²) in [6.07, 6.45) is 5.13.